The van der Waals surface area contributed by atoms with Crippen molar-refractivity contribution in [3.8, 4) is 11.5 Å². The molecule has 1 aromatic carbocycles. The quantitative estimate of drug-likeness (QED) is 0.600. The molecule has 0 fully saturated rings. The predicted molar refractivity (Wildman–Crippen MR) is 113 cm³/mol. The van der Waals surface area contributed by atoms with Crippen LogP contribution < -0.4 is 25.4 Å². The number of ether oxygens (including phenoxy) is 3. The third-order valence-corrected chi connectivity index (χ3v) is 5.39. The summed E-state index contributed by atoms with van der Waals surface area (Å²) in [6.07, 6.45) is 0. The van der Waals surface area contributed by atoms with Crippen LogP contribution in [0.4, 0.5) is 15.5 Å². The Morgan fingerprint density at radius 3 is 2.48 bits per heavy atom. The second-order valence-electron chi connectivity index (χ2n) is 6.61. The van der Waals surface area contributed by atoms with Crippen LogP contribution in [0.25, 0.3) is 0 Å². The average molecular weight is 447 g/mol. The summed E-state index contributed by atoms with van der Waals surface area (Å²) >= 11 is 1.24. The summed E-state index contributed by atoms with van der Waals surface area (Å²) in [6, 6.07) is 4.03. The lowest BCUT2D eigenvalue weighted by Gasteiger charge is -2.19. The monoisotopic (exact) mass is 447 g/mol. The first-order valence-electron chi connectivity index (χ1n) is 9.29. The van der Waals surface area contributed by atoms with Crippen LogP contribution in [0.3, 0.4) is 0 Å². The van der Waals surface area contributed by atoms with Gasteiger partial charge in [0.15, 0.2) is 18.1 Å². The van der Waals surface area contributed by atoms with E-state index in [0.717, 1.165) is 4.88 Å². The number of urea groups is 1. The molecule has 1 aliphatic rings. The first kappa shape index (κ1) is 22.1. The number of carbonyl (C=O) groups excluding carboxylic acids is 4. The summed E-state index contributed by atoms with van der Waals surface area (Å²) in [5, 5.41) is 7.50. The lowest BCUT2D eigenvalue weighted by molar-refractivity contribution is -0.123. The zero-order chi connectivity index (χ0) is 22.5. The number of hydrogen-bond donors (Lipinski definition) is 3. The Balaban J connectivity index is 1.54. The van der Waals surface area contributed by atoms with Gasteiger partial charge in [0.05, 0.1) is 5.56 Å². The van der Waals surface area contributed by atoms with Gasteiger partial charge in [0.1, 0.15) is 18.2 Å². The number of esters is 1. The minimum Gasteiger partial charge on any atom is -0.486 e. The Hall–Kier alpha value is -3.60. The third-order valence-electron chi connectivity index (χ3n) is 4.27. The molecule has 0 atom stereocenters. The van der Waals surface area contributed by atoms with E-state index < -0.39 is 24.5 Å². The molecule has 1 aliphatic heterocycles. The van der Waals surface area contributed by atoms with Crippen LogP contribution in [0, 0.1) is 13.8 Å². The Labute approximate surface area is 181 Å². The standard InChI is InChI=1S/C20H21N3O7S/c1-10-11(2)31-18(21-12(3)24)17(10)19(26)30-9-16(25)23-20(27)22-13-4-5-14-15(8-13)29-7-6-28-14/h4-5,8H,6-7,9H2,1-3H3,(H,21,24)(H2,22,23,25,27). The van der Waals surface area contributed by atoms with Crippen molar-refractivity contribution in [2.24, 2.45) is 0 Å². The fourth-order valence-corrected chi connectivity index (χ4v) is 3.86. The highest BCUT2D eigenvalue weighted by Gasteiger charge is 2.23. The number of imide groups is 1. The largest absolute Gasteiger partial charge is 0.486 e. The summed E-state index contributed by atoms with van der Waals surface area (Å²) in [7, 11) is 0. The fraction of sp³-hybridized carbons (Fsp3) is 0.300. The van der Waals surface area contributed by atoms with Gasteiger partial charge < -0.3 is 24.8 Å². The lowest BCUT2D eigenvalue weighted by atomic mass is 10.1. The zero-order valence-corrected chi connectivity index (χ0v) is 17.9. The van der Waals surface area contributed by atoms with Gasteiger partial charge in [-0.25, -0.2) is 9.59 Å². The van der Waals surface area contributed by atoms with Gasteiger partial charge in [-0.3, -0.25) is 14.9 Å². The predicted octanol–water partition coefficient (Wildman–Crippen LogP) is 2.60. The summed E-state index contributed by atoms with van der Waals surface area (Å²) in [6.45, 7) is 5.03. The van der Waals surface area contributed by atoms with E-state index in [-0.39, 0.29) is 11.5 Å². The molecule has 10 nitrogen and oxygen atoms in total. The Morgan fingerprint density at radius 2 is 1.77 bits per heavy atom. The topological polar surface area (TPSA) is 132 Å². The van der Waals surface area contributed by atoms with Gasteiger partial charge in [-0.05, 0) is 31.5 Å². The molecular formula is C20H21N3O7S. The molecule has 3 rings (SSSR count). The number of aryl methyl sites for hydroxylation is 1. The molecule has 0 aliphatic carbocycles. The van der Waals surface area contributed by atoms with Crippen molar-refractivity contribution in [2.75, 3.05) is 30.5 Å². The number of fused-ring (bicyclic) bond motifs is 1. The van der Waals surface area contributed by atoms with Crippen LogP contribution >= 0.6 is 11.3 Å². The molecule has 1 aromatic heterocycles. The normalized spacial score (nSPS) is 12.0. The van der Waals surface area contributed by atoms with Crippen molar-refractivity contribution in [3.05, 3.63) is 34.2 Å². The SMILES string of the molecule is CC(=O)Nc1sc(C)c(C)c1C(=O)OCC(=O)NC(=O)Nc1ccc2c(c1)OCCO2. The van der Waals surface area contributed by atoms with E-state index in [1.54, 1.807) is 32.0 Å². The smallest absolute Gasteiger partial charge is 0.341 e. The minimum atomic E-state index is -0.811. The van der Waals surface area contributed by atoms with Crippen molar-refractivity contribution in [3.63, 3.8) is 0 Å². The molecule has 164 valence electrons. The fourth-order valence-electron chi connectivity index (χ4n) is 2.77. The van der Waals surface area contributed by atoms with Crippen molar-refractivity contribution < 1.29 is 33.4 Å². The number of amides is 4. The molecule has 0 radical (unpaired) electrons. The van der Waals surface area contributed by atoms with Crippen LogP contribution in [-0.4, -0.2) is 43.6 Å². The highest BCUT2D eigenvalue weighted by Crippen LogP contribution is 2.33. The maximum atomic E-state index is 12.4. The van der Waals surface area contributed by atoms with Gasteiger partial charge in [0, 0.05) is 23.6 Å². The van der Waals surface area contributed by atoms with E-state index in [0.29, 0.717) is 41.0 Å². The number of hydrogen-bond acceptors (Lipinski definition) is 8. The second kappa shape index (κ2) is 9.47. The van der Waals surface area contributed by atoms with Crippen molar-refractivity contribution >= 4 is 45.8 Å². The van der Waals surface area contributed by atoms with Gasteiger partial charge in [-0.1, -0.05) is 0 Å². The Morgan fingerprint density at radius 1 is 1.06 bits per heavy atom. The Kier molecular flexibility index (Phi) is 6.75. The van der Waals surface area contributed by atoms with Crippen LogP contribution in [0.15, 0.2) is 18.2 Å². The van der Waals surface area contributed by atoms with E-state index in [4.69, 9.17) is 14.2 Å². The molecule has 0 unspecified atom stereocenters. The summed E-state index contributed by atoms with van der Waals surface area (Å²) < 4.78 is 15.9. The van der Waals surface area contributed by atoms with E-state index in [1.165, 1.54) is 18.3 Å². The van der Waals surface area contributed by atoms with Crippen LogP contribution in [0.5, 0.6) is 11.5 Å². The van der Waals surface area contributed by atoms with E-state index in [1.807, 2.05) is 0 Å². The maximum absolute atomic E-state index is 12.4. The number of carbonyl (C=O) groups is 4. The number of benzene rings is 1. The molecule has 0 spiro atoms. The minimum absolute atomic E-state index is 0.186. The van der Waals surface area contributed by atoms with Crippen LogP contribution in [0.1, 0.15) is 27.7 Å². The third kappa shape index (κ3) is 5.51. The summed E-state index contributed by atoms with van der Waals surface area (Å²) in [4.78, 5) is 48.6. The first-order valence-corrected chi connectivity index (χ1v) is 10.1. The molecule has 0 saturated heterocycles. The Bertz CT molecular complexity index is 1050. The van der Waals surface area contributed by atoms with E-state index >= 15 is 0 Å². The van der Waals surface area contributed by atoms with Crippen LogP contribution in [0.2, 0.25) is 0 Å². The van der Waals surface area contributed by atoms with Gasteiger partial charge in [-0.2, -0.15) is 0 Å². The maximum Gasteiger partial charge on any atom is 0.341 e. The highest BCUT2D eigenvalue weighted by atomic mass is 32.1. The average Bonchev–Trinajstić information content (AvgIpc) is 2.98. The highest BCUT2D eigenvalue weighted by molar-refractivity contribution is 7.16. The first-order chi connectivity index (χ1) is 14.7. The van der Waals surface area contributed by atoms with Crippen molar-refractivity contribution in [1.29, 1.82) is 0 Å². The second-order valence-corrected chi connectivity index (χ2v) is 7.83. The molecule has 0 bridgehead atoms. The molecule has 11 heteroatoms. The molecular weight excluding hydrogens is 426 g/mol. The van der Waals surface area contributed by atoms with Gasteiger partial charge in [0.2, 0.25) is 5.91 Å². The van der Waals surface area contributed by atoms with Gasteiger partial charge >= 0.3 is 12.0 Å². The van der Waals surface area contributed by atoms with Crippen molar-refractivity contribution in [2.45, 2.75) is 20.8 Å². The van der Waals surface area contributed by atoms with E-state index in [9.17, 15) is 19.2 Å². The number of anilines is 2. The molecule has 2 heterocycles. The summed E-state index contributed by atoms with van der Waals surface area (Å²) in [5.74, 6) is -0.857. The molecule has 0 saturated carbocycles. The zero-order valence-electron chi connectivity index (χ0n) is 17.1. The molecule has 2 aromatic rings. The van der Waals surface area contributed by atoms with E-state index in [2.05, 4.69) is 16.0 Å². The summed E-state index contributed by atoms with van der Waals surface area (Å²) in [5.41, 5.74) is 1.23. The molecule has 31 heavy (non-hydrogen) atoms. The van der Waals surface area contributed by atoms with Gasteiger partial charge in [0.25, 0.3) is 5.91 Å². The van der Waals surface area contributed by atoms with Crippen LogP contribution in [-0.2, 0) is 14.3 Å². The molecule has 4 amide bonds. The molecule has 3 N–H and O–H groups in total. The number of nitrogens with one attached hydrogen (secondary N) is 3. The number of thiophene rings is 1. The number of rotatable bonds is 5. The van der Waals surface area contributed by atoms with Gasteiger partial charge in [-0.15, -0.1) is 11.3 Å². The lowest BCUT2D eigenvalue weighted by Crippen LogP contribution is -2.37. The van der Waals surface area contributed by atoms with Crippen molar-refractivity contribution in [1.82, 2.24) is 5.32 Å².